The largest absolute Gasteiger partial charge is 0.327 e. The Bertz CT molecular complexity index is 136. The van der Waals surface area contributed by atoms with Gasteiger partial charge in [-0.15, -0.1) is 0 Å². The van der Waals surface area contributed by atoms with Gasteiger partial charge in [-0.3, -0.25) is 0 Å². The number of halogens is 1. The van der Waals surface area contributed by atoms with Gasteiger partial charge in [0.15, 0.2) is 0 Å². The highest BCUT2D eigenvalue weighted by Gasteiger charge is 1.84. The number of rotatable bonds is 2. The van der Waals surface area contributed by atoms with Crippen LogP contribution >= 0.6 is 15.9 Å². The van der Waals surface area contributed by atoms with Crippen molar-refractivity contribution in [2.24, 2.45) is 5.73 Å². The van der Waals surface area contributed by atoms with Crippen LogP contribution in [0, 0.1) is 0 Å². The Labute approximate surface area is 64.8 Å². The minimum Gasteiger partial charge on any atom is -0.327 e. The lowest BCUT2D eigenvalue weighted by atomic mass is 10.3. The van der Waals surface area contributed by atoms with E-state index in [-0.39, 0.29) is 0 Å². The van der Waals surface area contributed by atoms with Crippen LogP contribution in [-0.2, 0) is 0 Å². The van der Waals surface area contributed by atoms with E-state index in [9.17, 15) is 0 Å². The van der Waals surface area contributed by atoms with Crippen LogP contribution in [0.1, 0.15) is 13.8 Å². The lowest BCUT2D eigenvalue weighted by Crippen LogP contribution is -1.99. The lowest BCUT2D eigenvalue weighted by molar-refractivity contribution is 1.14. The van der Waals surface area contributed by atoms with E-state index in [2.05, 4.69) is 15.9 Å². The molecule has 0 bridgehead atoms. The standard InChI is InChI=1S/C7H12BrN/c1-3-7(8)4-6(2)5-9/h3-4H,5,9H2,1-2H3/b6-4+,7-3+. The van der Waals surface area contributed by atoms with Crippen LogP contribution in [0.2, 0.25) is 0 Å². The first-order chi connectivity index (χ1) is 4.20. The molecule has 0 aliphatic carbocycles. The van der Waals surface area contributed by atoms with Gasteiger partial charge in [-0.05, 0) is 19.9 Å². The first-order valence-electron chi connectivity index (χ1n) is 2.89. The van der Waals surface area contributed by atoms with Gasteiger partial charge in [-0.2, -0.15) is 0 Å². The van der Waals surface area contributed by atoms with E-state index in [4.69, 9.17) is 5.73 Å². The van der Waals surface area contributed by atoms with Crippen molar-refractivity contribution in [1.82, 2.24) is 0 Å². The summed E-state index contributed by atoms with van der Waals surface area (Å²) in [5.74, 6) is 0. The van der Waals surface area contributed by atoms with Crippen LogP contribution in [0.25, 0.3) is 0 Å². The molecule has 0 spiro atoms. The molecule has 52 valence electrons. The smallest absolute Gasteiger partial charge is 0.0137 e. The first kappa shape index (κ1) is 8.92. The maximum Gasteiger partial charge on any atom is 0.0137 e. The molecular formula is C7H12BrN. The Kier molecular flexibility index (Phi) is 4.72. The molecule has 0 rings (SSSR count). The van der Waals surface area contributed by atoms with Crippen molar-refractivity contribution >= 4 is 15.9 Å². The SMILES string of the molecule is C/C=C(Br)\C=C(/C)CN. The molecule has 0 aromatic carbocycles. The molecule has 0 aromatic rings. The van der Waals surface area contributed by atoms with Gasteiger partial charge in [-0.1, -0.05) is 27.6 Å². The van der Waals surface area contributed by atoms with Crippen molar-refractivity contribution in [3.8, 4) is 0 Å². The zero-order valence-electron chi connectivity index (χ0n) is 5.82. The quantitative estimate of drug-likeness (QED) is 0.663. The molecule has 0 saturated heterocycles. The van der Waals surface area contributed by atoms with Crippen molar-refractivity contribution < 1.29 is 0 Å². The monoisotopic (exact) mass is 189 g/mol. The van der Waals surface area contributed by atoms with Crippen molar-refractivity contribution in [2.45, 2.75) is 13.8 Å². The highest BCUT2D eigenvalue weighted by molar-refractivity contribution is 9.11. The molecule has 0 amide bonds. The van der Waals surface area contributed by atoms with Gasteiger partial charge in [0.2, 0.25) is 0 Å². The number of hydrogen-bond acceptors (Lipinski definition) is 1. The van der Waals surface area contributed by atoms with Crippen LogP contribution in [0.4, 0.5) is 0 Å². The lowest BCUT2D eigenvalue weighted by Gasteiger charge is -1.92. The van der Waals surface area contributed by atoms with E-state index < -0.39 is 0 Å². The van der Waals surface area contributed by atoms with Crippen molar-refractivity contribution in [2.75, 3.05) is 6.54 Å². The van der Waals surface area contributed by atoms with E-state index in [1.165, 1.54) is 5.57 Å². The third-order valence-electron chi connectivity index (χ3n) is 0.982. The van der Waals surface area contributed by atoms with Gasteiger partial charge in [0, 0.05) is 11.0 Å². The molecule has 9 heavy (non-hydrogen) atoms. The maximum absolute atomic E-state index is 5.36. The van der Waals surface area contributed by atoms with E-state index in [0.29, 0.717) is 6.54 Å². The predicted molar refractivity (Wildman–Crippen MR) is 45.5 cm³/mol. The summed E-state index contributed by atoms with van der Waals surface area (Å²) in [7, 11) is 0. The minimum atomic E-state index is 0.628. The second-order valence-corrected chi connectivity index (χ2v) is 2.78. The Hall–Kier alpha value is -0.0800. The fourth-order valence-corrected chi connectivity index (χ4v) is 0.768. The summed E-state index contributed by atoms with van der Waals surface area (Å²) in [6.45, 7) is 4.61. The molecule has 0 aliphatic rings. The molecule has 0 saturated carbocycles. The fourth-order valence-electron chi connectivity index (χ4n) is 0.378. The van der Waals surface area contributed by atoms with Crippen LogP contribution in [0.15, 0.2) is 22.2 Å². The predicted octanol–water partition coefficient (Wildman–Crippen LogP) is 2.19. The van der Waals surface area contributed by atoms with Crippen LogP contribution in [0.3, 0.4) is 0 Å². The summed E-state index contributed by atoms with van der Waals surface area (Å²) in [5.41, 5.74) is 6.54. The highest BCUT2D eigenvalue weighted by Crippen LogP contribution is 2.07. The Morgan fingerprint density at radius 2 is 2.22 bits per heavy atom. The number of hydrogen-bond donors (Lipinski definition) is 1. The summed E-state index contributed by atoms with van der Waals surface area (Å²) in [5, 5.41) is 0. The second kappa shape index (κ2) is 4.77. The summed E-state index contributed by atoms with van der Waals surface area (Å²) < 4.78 is 1.09. The Morgan fingerprint density at radius 1 is 1.67 bits per heavy atom. The van der Waals surface area contributed by atoms with E-state index in [1.54, 1.807) is 0 Å². The van der Waals surface area contributed by atoms with E-state index in [0.717, 1.165) is 4.48 Å². The van der Waals surface area contributed by atoms with Gasteiger partial charge in [0.1, 0.15) is 0 Å². The number of nitrogens with two attached hydrogens (primary N) is 1. The van der Waals surface area contributed by atoms with Crippen molar-refractivity contribution in [3.63, 3.8) is 0 Å². The van der Waals surface area contributed by atoms with Gasteiger partial charge >= 0.3 is 0 Å². The van der Waals surface area contributed by atoms with Gasteiger partial charge < -0.3 is 5.73 Å². The molecule has 0 atom stereocenters. The molecule has 0 unspecified atom stereocenters. The van der Waals surface area contributed by atoms with Gasteiger partial charge in [0.25, 0.3) is 0 Å². The molecular weight excluding hydrogens is 178 g/mol. The maximum atomic E-state index is 5.36. The minimum absolute atomic E-state index is 0.628. The molecule has 2 N–H and O–H groups in total. The molecule has 0 aromatic heterocycles. The van der Waals surface area contributed by atoms with E-state index in [1.807, 2.05) is 26.0 Å². The summed E-state index contributed by atoms with van der Waals surface area (Å²) in [4.78, 5) is 0. The van der Waals surface area contributed by atoms with Crippen LogP contribution in [0.5, 0.6) is 0 Å². The molecule has 0 fully saturated rings. The van der Waals surface area contributed by atoms with Gasteiger partial charge in [0.05, 0.1) is 0 Å². The number of allylic oxidation sites excluding steroid dienone is 3. The Morgan fingerprint density at radius 3 is 2.56 bits per heavy atom. The summed E-state index contributed by atoms with van der Waals surface area (Å²) >= 11 is 3.35. The molecule has 0 radical (unpaired) electrons. The second-order valence-electron chi connectivity index (χ2n) is 1.87. The Balaban J connectivity index is 3.95. The van der Waals surface area contributed by atoms with Crippen molar-refractivity contribution in [3.05, 3.63) is 22.2 Å². The summed E-state index contributed by atoms with van der Waals surface area (Å²) in [6, 6.07) is 0. The van der Waals surface area contributed by atoms with Crippen LogP contribution in [-0.4, -0.2) is 6.54 Å². The first-order valence-corrected chi connectivity index (χ1v) is 3.69. The normalized spacial score (nSPS) is 14.2. The van der Waals surface area contributed by atoms with Gasteiger partial charge in [-0.25, -0.2) is 0 Å². The third-order valence-corrected chi connectivity index (χ3v) is 1.67. The molecule has 1 nitrogen and oxygen atoms in total. The average molecular weight is 190 g/mol. The summed E-state index contributed by atoms with van der Waals surface area (Å²) in [6.07, 6.45) is 4.00. The fraction of sp³-hybridized carbons (Fsp3) is 0.429. The van der Waals surface area contributed by atoms with Crippen molar-refractivity contribution in [1.29, 1.82) is 0 Å². The van der Waals surface area contributed by atoms with Crippen LogP contribution < -0.4 is 5.73 Å². The average Bonchev–Trinajstić information content (AvgIpc) is 1.87. The molecule has 0 aliphatic heterocycles. The van der Waals surface area contributed by atoms with E-state index >= 15 is 0 Å². The third kappa shape index (κ3) is 4.43. The zero-order chi connectivity index (χ0) is 7.28. The molecule has 0 heterocycles. The highest BCUT2D eigenvalue weighted by atomic mass is 79.9. The zero-order valence-corrected chi connectivity index (χ0v) is 7.40. The topological polar surface area (TPSA) is 26.0 Å². The molecule has 2 heteroatoms.